The Morgan fingerprint density at radius 3 is 2.96 bits per heavy atom. The summed E-state index contributed by atoms with van der Waals surface area (Å²) < 4.78 is 27.5. The van der Waals surface area contributed by atoms with Crippen LogP contribution in [0.3, 0.4) is 0 Å². The number of alkyl halides is 2. The lowest BCUT2D eigenvalue weighted by molar-refractivity contribution is -0.129. The van der Waals surface area contributed by atoms with Crippen LogP contribution in [0.2, 0.25) is 0 Å². The molecule has 1 aliphatic heterocycles. The lowest BCUT2D eigenvalue weighted by Gasteiger charge is -2.39. The molecule has 2 aromatic rings. The van der Waals surface area contributed by atoms with Gasteiger partial charge in [0.2, 0.25) is 5.91 Å². The van der Waals surface area contributed by atoms with Gasteiger partial charge in [-0.15, -0.1) is 0 Å². The van der Waals surface area contributed by atoms with Crippen molar-refractivity contribution >= 4 is 22.6 Å². The third-order valence-electron chi connectivity index (χ3n) is 5.80. The second kappa shape index (κ2) is 6.62. The third-order valence-corrected chi connectivity index (χ3v) is 5.80. The summed E-state index contributed by atoms with van der Waals surface area (Å²) in [5.74, 6) is -3.53. The van der Waals surface area contributed by atoms with Crippen LogP contribution >= 0.6 is 0 Å². The highest BCUT2D eigenvalue weighted by Crippen LogP contribution is 2.57. The minimum atomic E-state index is -2.66. The van der Waals surface area contributed by atoms with Crippen LogP contribution in [0, 0.1) is 0 Å². The fourth-order valence-electron chi connectivity index (χ4n) is 4.16. The van der Waals surface area contributed by atoms with E-state index in [1.54, 1.807) is 12.4 Å². The van der Waals surface area contributed by atoms with E-state index in [1.807, 2.05) is 11.0 Å². The maximum atomic E-state index is 13.8. The van der Waals surface area contributed by atoms with Gasteiger partial charge in [-0.25, -0.2) is 13.8 Å². The van der Waals surface area contributed by atoms with Crippen LogP contribution in [0.15, 0.2) is 31.1 Å². The molecule has 144 valence electrons. The van der Waals surface area contributed by atoms with Gasteiger partial charge < -0.3 is 15.2 Å². The van der Waals surface area contributed by atoms with Crippen molar-refractivity contribution in [1.82, 2.24) is 14.9 Å². The lowest BCUT2D eigenvalue weighted by atomic mass is 9.95. The van der Waals surface area contributed by atoms with E-state index < -0.39 is 11.8 Å². The molecule has 2 N–H and O–H groups in total. The number of piperidine rings is 1. The number of halogens is 2. The first-order valence-electron chi connectivity index (χ1n) is 9.48. The van der Waals surface area contributed by atoms with E-state index in [0.29, 0.717) is 17.8 Å². The molecule has 1 aliphatic carbocycles. The zero-order valence-electron chi connectivity index (χ0n) is 15.3. The molecule has 2 fully saturated rings. The van der Waals surface area contributed by atoms with Crippen molar-refractivity contribution in [2.75, 3.05) is 11.9 Å². The standard InChI is InChI=1S/C20H24F2N4O/c1-3-13-6-5-12(11-26(13)17(27)4-2)25-18-14-7-8-23-19(14)24-10-15(18)16-9-20(16,21)22/h4,7-8,10,12-13,16H,2-3,5-6,9,11H2,1H3,(H2,23,24,25)/t12-,13+,16+/m1/s1. The first kappa shape index (κ1) is 17.9. The van der Waals surface area contributed by atoms with Gasteiger partial charge in [-0.05, 0) is 31.4 Å². The molecule has 27 heavy (non-hydrogen) atoms. The molecule has 1 saturated heterocycles. The van der Waals surface area contributed by atoms with Crippen molar-refractivity contribution in [3.63, 3.8) is 0 Å². The molecule has 7 heteroatoms. The highest BCUT2D eigenvalue weighted by Gasteiger charge is 2.58. The van der Waals surface area contributed by atoms with Crippen LogP contribution in [0.4, 0.5) is 14.5 Å². The number of nitrogens with zero attached hydrogens (tertiary/aromatic N) is 2. The maximum absolute atomic E-state index is 13.8. The van der Waals surface area contributed by atoms with Crippen LogP contribution < -0.4 is 5.32 Å². The molecule has 3 atom stereocenters. The Balaban J connectivity index is 1.63. The second-order valence-electron chi connectivity index (χ2n) is 7.52. The van der Waals surface area contributed by atoms with E-state index in [1.165, 1.54) is 6.08 Å². The van der Waals surface area contributed by atoms with E-state index in [9.17, 15) is 13.6 Å². The maximum Gasteiger partial charge on any atom is 0.256 e. The first-order chi connectivity index (χ1) is 12.9. The van der Waals surface area contributed by atoms with Crippen molar-refractivity contribution in [3.8, 4) is 0 Å². The SMILES string of the molecule is C=CC(=O)N1C[C@H](Nc2c([C@@H]3CC3(F)F)cnc3[nH]ccc23)CC[C@@H]1CC. The number of fused-ring (bicyclic) bond motifs is 1. The molecule has 3 heterocycles. The minimum Gasteiger partial charge on any atom is -0.380 e. The Bertz CT molecular complexity index is 878. The summed E-state index contributed by atoms with van der Waals surface area (Å²) in [4.78, 5) is 21.4. The van der Waals surface area contributed by atoms with Crippen molar-refractivity contribution in [3.05, 3.63) is 36.7 Å². The molecule has 0 aromatic carbocycles. The molecule has 1 amide bonds. The number of nitrogens with one attached hydrogen (secondary N) is 2. The summed E-state index contributed by atoms with van der Waals surface area (Å²) in [5, 5.41) is 4.28. The molecular weight excluding hydrogens is 350 g/mol. The highest BCUT2D eigenvalue weighted by molar-refractivity contribution is 5.92. The number of likely N-dealkylation sites (tertiary alicyclic amines) is 1. The lowest BCUT2D eigenvalue weighted by Crippen LogP contribution is -2.50. The average Bonchev–Trinajstić information content (AvgIpc) is 3.07. The van der Waals surface area contributed by atoms with Gasteiger partial charge in [-0.3, -0.25) is 4.79 Å². The van der Waals surface area contributed by atoms with E-state index >= 15 is 0 Å². The van der Waals surface area contributed by atoms with Gasteiger partial charge in [0.15, 0.2) is 0 Å². The Morgan fingerprint density at radius 2 is 2.30 bits per heavy atom. The topological polar surface area (TPSA) is 61.0 Å². The van der Waals surface area contributed by atoms with Crippen molar-refractivity contribution in [2.45, 2.75) is 56.5 Å². The van der Waals surface area contributed by atoms with E-state index in [2.05, 4.69) is 28.8 Å². The number of rotatable bonds is 5. The van der Waals surface area contributed by atoms with Crippen molar-refractivity contribution < 1.29 is 13.6 Å². The Labute approximate surface area is 156 Å². The van der Waals surface area contributed by atoms with Gasteiger partial charge in [0.05, 0.1) is 11.6 Å². The zero-order chi connectivity index (χ0) is 19.2. The predicted molar refractivity (Wildman–Crippen MR) is 101 cm³/mol. The predicted octanol–water partition coefficient (Wildman–Crippen LogP) is 4.05. The van der Waals surface area contributed by atoms with Crippen LogP contribution in [0.5, 0.6) is 0 Å². The Morgan fingerprint density at radius 1 is 1.52 bits per heavy atom. The Kier molecular flexibility index (Phi) is 4.40. The van der Waals surface area contributed by atoms with E-state index in [-0.39, 0.29) is 24.4 Å². The second-order valence-corrected chi connectivity index (χ2v) is 7.52. The first-order valence-corrected chi connectivity index (χ1v) is 9.48. The molecule has 2 aromatic heterocycles. The number of amides is 1. The number of anilines is 1. The minimum absolute atomic E-state index is 0.00308. The molecule has 5 nitrogen and oxygen atoms in total. The van der Waals surface area contributed by atoms with Gasteiger partial charge in [-0.2, -0.15) is 0 Å². The van der Waals surface area contributed by atoms with Crippen LogP contribution in [0.1, 0.15) is 44.1 Å². The van der Waals surface area contributed by atoms with E-state index in [0.717, 1.165) is 30.3 Å². The van der Waals surface area contributed by atoms with Crippen molar-refractivity contribution in [2.24, 2.45) is 0 Å². The van der Waals surface area contributed by atoms with E-state index in [4.69, 9.17) is 0 Å². The highest BCUT2D eigenvalue weighted by atomic mass is 19.3. The zero-order valence-corrected chi connectivity index (χ0v) is 15.3. The van der Waals surface area contributed by atoms with Gasteiger partial charge >= 0.3 is 0 Å². The summed E-state index contributed by atoms with van der Waals surface area (Å²) >= 11 is 0. The fourth-order valence-corrected chi connectivity index (χ4v) is 4.16. The third kappa shape index (κ3) is 3.19. The van der Waals surface area contributed by atoms with Crippen LogP contribution in [-0.4, -0.2) is 45.3 Å². The normalized spacial score (nSPS) is 26.8. The van der Waals surface area contributed by atoms with Gasteiger partial charge in [-0.1, -0.05) is 13.5 Å². The fraction of sp³-hybridized carbons (Fsp3) is 0.500. The molecule has 0 unspecified atom stereocenters. The number of pyridine rings is 1. The monoisotopic (exact) mass is 374 g/mol. The van der Waals surface area contributed by atoms with Crippen LogP contribution in [-0.2, 0) is 4.79 Å². The quantitative estimate of drug-likeness (QED) is 0.776. The summed E-state index contributed by atoms with van der Waals surface area (Å²) in [7, 11) is 0. The number of H-pyrrole nitrogens is 1. The average molecular weight is 374 g/mol. The number of hydrogen-bond donors (Lipinski definition) is 2. The molecule has 0 bridgehead atoms. The smallest absolute Gasteiger partial charge is 0.256 e. The Hall–Kier alpha value is -2.44. The van der Waals surface area contributed by atoms with Crippen molar-refractivity contribution in [1.29, 1.82) is 0 Å². The number of aromatic nitrogens is 2. The van der Waals surface area contributed by atoms with Gasteiger partial charge in [0.1, 0.15) is 5.65 Å². The largest absolute Gasteiger partial charge is 0.380 e. The molecule has 2 aliphatic rings. The molecule has 0 spiro atoms. The van der Waals surface area contributed by atoms with Gasteiger partial charge in [0.25, 0.3) is 5.92 Å². The number of hydrogen-bond acceptors (Lipinski definition) is 3. The van der Waals surface area contributed by atoms with Crippen LogP contribution in [0.25, 0.3) is 11.0 Å². The summed E-state index contributed by atoms with van der Waals surface area (Å²) in [6, 6.07) is 2.06. The summed E-state index contributed by atoms with van der Waals surface area (Å²) in [6.45, 7) is 6.21. The number of carbonyl (C=O) groups is 1. The summed E-state index contributed by atoms with van der Waals surface area (Å²) in [6.07, 6.45) is 7.18. The number of carbonyl (C=O) groups excluding carboxylic acids is 1. The molecule has 4 rings (SSSR count). The molecular formula is C20H24F2N4O. The number of aromatic amines is 1. The molecule has 0 radical (unpaired) electrons. The molecule has 1 saturated carbocycles. The summed E-state index contributed by atoms with van der Waals surface area (Å²) in [5.41, 5.74) is 1.95. The van der Waals surface area contributed by atoms with Gasteiger partial charge in [0, 0.05) is 48.4 Å².